The maximum absolute atomic E-state index is 12.6. The topological polar surface area (TPSA) is 77.2 Å². The number of carbonyl (C=O) groups excluding carboxylic acids is 2. The molecular formula is C23H26N4O2. The fraction of sp³-hybridized carbons (Fsp3) is 0.304. The summed E-state index contributed by atoms with van der Waals surface area (Å²) in [7, 11) is 0. The minimum atomic E-state index is -0.159. The van der Waals surface area contributed by atoms with Crippen molar-refractivity contribution in [1.29, 1.82) is 0 Å². The van der Waals surface area contributed by atoms with Crippen molar-refractivity contribution in [3.8, 4) is 0 Å². The Bertz CT molecular complexity index is 983. The highest BCUT2D eigenvalue weighted by molar-refractivity contribution is 5.90. The number of benzene rings is 2. The molecule has 2 aromatic carbocycles. The number of hydrogen-bond donors (Lipinski definition) is 3. The van der Waals surface area contributed by atoms with E-state index in [1.54, 1.807) is 4.90 Å². The average molecular weight is 390 g/mol. The second kappa shape index (κ2) is 8.82. The molecule has 1 aliphatic heterocycles. The summed E-state index contributed by atoms with van der Waals surface area (Å²) in [6, 6.07) is 17.4. The molecule has 1 atom stereocenters. The third kappa shape index (κ3) is 4.59. The Kier molecular flexibility index (Phi) is 5.79. The molecule has 0 radical (unpaired) electrons. The van der Waals surface area contributed by atoms with E-state index < -0.39 is 0 Å². The number of fused-ring (bicyclic) bond motifs is 1. The fourth-order valence-electron chi connectivity index (χ4n) is 3.90. The zero-order valence-electron chi connectivity index (χ0n) is 16.4. The lowest BCUT2D eigenvalue weighted by Gasteiger charge is -2.32. The number of urea groups is 1. The Balaban J connectivity index is 1.27. The van der Waals surface area contributed by atoms with Crippen molar-refractivity contribution in [2.45, 2.75) is 19.3 Å². The zero-order valence-corrected chi connectivity index (χ0v) is 16.4. The maximum atomic E-state index is 12.6. The Morgan fingerprint density at radius 3 is 2.72 bits per heavy atom. The molecule has 1 aromatic heterocycles. The number of anilines is 1. The minimum absolute atomic E-state index is 0.0297. The smallest absolute Gasteiger partial charge is 0.321 e. The van der Waals surface area contributed by atoms with E-state index in [-0.39, 0.29) is 17.9 Å². The van der Waals surface area contributed by atoms with Crippen LogP contribution in [0.2, 0.25) is 0 Å². The molecule has 4 rings (SSSR count). The normalized spacial score (nSPS) is 16.6. The highest BCUT2D eigenvalue weighted by Crippen LogP contribution is 2.19. The number of likely N-dealkylation sites (tertiary alicyclic amines) is 1. The van der Waals surface area contributed by atoms with Gasteiger partial charge >= 0.3 is 6.03 Å². The lowest BCUT2D eigenvalue weighted by atomic mass is 9.97. The second-order valence-corrected chi connectivity index (χ2v) is 7.48. The molecule has 150 valence electrons. The van der Waals surface area contributed by atoms with E-state index in [0.29, 0.717) is 19.6 Å². The lowest BCUT2D eigenvalue weighted by molar-refractivity contribution is -0.126. The maximum Gasteiger partial charge on any atom is 0.321 e. The molecule has 0 bridgehead atoms. The van der Waals surface area contributed by atoms with Crippen molar-refractivity contribution in [3.05, 3.63) is 66.4 Å². The molecule has 1 fully saturated rings. The van der Waals surface area contributed by atoms with Gasteiger partial charge in [0, 0.05) is 42.4 Å². The summed E-state index contributed by atoms with van der Waals surface area (Å²) in [6.07, 6.45) is 4.44. The molecule has 2 heterocycles. The van der Waals surface area contributed by atoms with Gasteiger partial charge in [0.15, 0.2) is 0 Å². The van der Waals surface area contributed by atoms with Crippen molar-refractivity contribution in [2.24, 2.45) is 5.92 Å². The van der Waals surface area contributed by atoms with Gasteiger partial charge in [0.05, 0.1) is 5.92 Å². The number of para-hydroxylation sites is 2. The molecule has 1 unspecified atom stereocenters. The average Bonchev–Trinajstić information content (AvgIpc) is 3.18. The molecule has 1 saturated heterocycles. The molecule has 29 heavy (non-hydrogen) atoms. The van der Waals surface area contributed by atoms with Crippen LogP contribution < -0.4 is 10.6 Å². The van der Waals surface area contributed by atoms with Crippen LogP contribution in [-0.4, -0.2) is 41.5 Å². The number of carbonyl (C=O) groups is 2. The zero-order chi connectivity index (χ0) is 20.1. The molecule has 6 heteroatoms. The van der Waals surface area contributed by atoms with Gasteiger partial charge in [-0.25, -0.2) is 4.79 Å². The number of aromatic nitrogens is 1. The first-order valence-corrected chi connectivity index (χ1v) is 10.1. The van der Waals surface area contributed by atoms with Crippen LogP contribution in [0.3, 0.4) is 0 Å². The first kappa shape index (κ1) is 19.1. The number of nitrogens with one attached hydrogen (secondary N) is 3. The van der Waals surface area contributed by atoms with Crippen LogP contribution in [-0.2, 0) is 11.2 Å². The summed E-state index contributed by atoms with van der Waals surface area (Å²) in [4.78, 5) is 30.1. The van der Waals surface area contributed by atoms with Crippen LogP contribution in [0.15, 0.2) is 60.8 Å². The van der Waals surface area contributed by atoms with Gasteiger partial charge in [0.2, 0.25) is 5.91 Å². The van der Waals surface area contributed by atoms with Crippen molar-refractivity contribution in [2.75, 3.05) is 25.0 Å². The van der Waals surface area contributed by atoms with Crippen LogP contribution in [0.5, 0.6) is 0 Å². The summed E-state index contributed by atoms with van der Waals surface area (Å²) < 4.78 is 0. The molecule has 6 nitrogen and oxygen atoms in total. The van der Waals surface area contributed by atoms with Crippen molar-refractivity contribution in [3.63, 3.8) is 0 Å². The quantitative estimate of drug-likeness (QED) is 0.620. The summed E-state index contributed by atoms with van der Waals surface area (Å²) >= 11 is 0. The van der Waals surface area contributed by atoms with Gasteiger partial charge in [-0.15, -0.1) is 0 Å². The third-order valence-electron chi connectivity index (χ3n) is 5.47. The number of aromatic amines is 1. The highest BCUT2D eigenvalue weighted by atomic mass is 16.2. The standard InChI is InChI=1S/C23H26N4O2/c28-22(24-13-12-17-15-25-21-11-5-4-10-20(17)21)18-7-6-14-27(16-18)23(29)26-19-8-2-1-3-9-19/h1-5,8-11,15,18,25H,6-7,12-14,16H2,(H,24,28)(H,26,29). The SMILES string of the molecule is O=C(NCCc1c[nH]c2ccccc12)C1CCCN(C(=O)Nc2ccccc2)C1. The number of piperidine rings is 1. The molecule has 3 N–H and O–H groups in total. The van der Waals surface area contributed by atoms with Gasteiger partial charge in [-0.2, -0.15) is 0 Å². The van der Waals surface area contributed by atoms with E-state index in [2.05, 4.69) is 27.8 Å². The third-order valence-corrected chi connectivity index (χ3v) is 5.47. The highest BCUT2D eigenvalue weighted by Gasteiger charge is 2.28. The van der Waals surface area contributed by atoms with Gasteiger partial charge in [-0.05, 0) is 43.0 Å². The van der Waals surface area contributed by atoms with E-state index in [1.807, 2.05) is 48.7 Å². The van der Waals surface area contributed by atoms with E-state index in [0.717, 1.165) is 30.5 Å². The molecule has 1 aliphatic rings. The predicted molar refractivity (Wildman–Crippen MR) is 115 cm³/mol. The molecule has 0 saturated carbocycles. The number of H-pyrrole nitrogens is 1. The first-order valence-electron chi connectivity index (χ1n) is 10.1. The number of nitrogens with zero attached hydrogens (tertiary/aromatic N) is 1. The van der Waals surface area contributed by atoms with Crippen molar-refractivity contribution in [1.82, 2.24) is 15.2 Å². The Morgan fingerprint density at radius 1 is 1.07 bits per heavy atom. The molecule has 3 amide bonds. The van der Waals surface area contributed by atoms with Gasteiger partial charge in [0.25, 0.3) is 0 Å². The van der Waals surface area contributed by atoms with E-state index in [9.17, 15) is 9.59 Å². The Labute approximate surface area is 170 Å². The van der Waals surface area contributed by atoms with Crippen LogP contribution >= 0.6 is 0 Å². The lowest BCUT2D eigenvalue weighted by Crippen LogP contribution is -2.47. The van der Waals surface area contributed by atoms with Crippen LogP contribution in [0.25, 0.3) is 10.9 Å². The van der Waals surface area contributed by atoms with Crippen LogP contribution in [0, 0.1) is 5.92 Å². The second-order valence-electron chi connectivity index (χ2n) is 7.48. The van der Waals surface area contributed by atoms with E-state index in [4.69, 9.17) is 0 Å². The summed E-state index contributed by atoms with van der Waals surface area (Å²) in [5, 5.41) is 7.15. The number of amides is 3. The molecule has 3 aromatic rings. The molecular weight excluding hydrogens is 364 g/mol. The summed E-state index contributed by atoms with van der Waals surface area (Å²) in [6.45, 7) is 1.72. The van der Waals surface area contributed by atoms with E-state index >= 15 is 0 Å². The molecule has 0 aliphatic carbocycles. The van der Waals surface area contributed by atoms with Gasteiger partial charge in [-0.3, -0.25) is 4.79 Å². The number of hydrogen-bond acceptors (Lipinski definition) is 2. The van der Waals surface area contributed by atoms with Gasteiger partial charge < -0.3 is 20.5 Å². The first-order chi connectivity index (χ1) is 14.2. The summed E-state index contributed by atoms with van der Waals surface area (Å²) in [5.41, 5.74) is 3.08. The fourth-order valence-corrected chi connectivity index (χ4v) is 3.90. The van der Waals surface area contributed by atoms with Crippen molar-refractivity contribution >= 4 is 28.5 Å². The molecule has 0 spiro atoms. The van der Waals surface area contributed by atoms with Crippen LogP contribution in [0.4, 0.5) is 10.5 Å². The predicted octanol–water partition coefficient (Wildman–Crippen LogP) is 3.77. The Hall–Kier alpha value is -3.28. The monoisotopic (exact) mass is 390 g/mol. The van der Waals surface area contributed by atoms with Gasteiger partial charge in [0.1, 0.15) is 0 Å². The Morgan fingerprint density at radius 2 is 1.86 bits per heavy atom. The number of rotatable bonds is 5. The minimum Gasteiger partial charge on any atom is -0.361 e. The largest absolute Gasteiger partial charge is 0.361 e. The summed E-state index contributed by atoms with van der Waals surface area (Å²) in [5.74, 6) is -0.129. The van der Waals surface area contributed by atoms with Gasteiger partial charge in [-0.1, -0.05) is 36.4 Å². The van der Waals surface area contributed by atoms with Crippen LogP contribution in [0.1, 0.15) is 18.4 Å². The van der Waals surface area contributed by atoms with Crippen molar-refractivity contribution < 1.29 is 9.59 Å². The van der Waals surface area contributed by atoms with E-state index in [1.165, 1.54) is 10.9 Å².